The summed E-state index contributed by atoms with van der Waals surface area (Å²) in [5.74, 6) is -1.55. The number of carbonyl (C=O) groups is 2. The predicted molar refractivity (Wildman–Crippen MR) is 112 cm³/mol. The van der Waals surface area contributed by atoms with E-state index >= 15 is 0 Å². The molecule has 7 nitrogen and oxygen atoms in total. The smallest absolute Gasteiger partial charge is 0.334 e. The molecule has 30 heavy (non-hydrogen) atoms. The molecule has 2 aromatic heterocycles. The normalized spacial score (nSPS) is 21.7. The lowest BCUT2D eigenvalue weighted by molar-refractivity contribution is -0.145. The molecule has 0 saturated carbocycles. The summed E-state index contributed by atoms with van der Waals surface area (Å²) in [5.41, 5.74) is 2.89. The van der Waals surface area contributed by atoms with Crippen molar-refractivity contribution in [2.45, 2.75) is 44.4 Å². The Labute approximate surface area is 182 Å². The fourth-order valence-electron chi connectivity index (χ4n) is 4.57. The summed E-state index contributed by atoms with van der Waals surface area (Å²) in [6.45, 7) is 0.709. The number of aliphatic carboxylic acids is 1. The highest BCUT2D eigenvalue weighted by Gasteiger charge is 2.38. The van der Waals surface area contributed by atoms with Gasteiger partial charge in [-0.05, 0) is 31.7 Å². The van der Waals surface area contributed by atoms with E-state index in [0.717, 1.165) is 41.5 Å². The van der Waals surface area contributed by atoms with Crippen LogP contribution < -0.4 is 0 Å². The molecular formula is C21H19Cl2N3O4. The van der Waals surface area contributed by atoms with Crippen LogP contribution in [-0.2, 0) is 20.7 Å². The highest BCUT2D eigenvalue weighted by Crippen LogP contribution is 2.44. The number of carboxylic acid groups (broad SMARTS) is 1. The van der Waals surface area contributed by atoms with Crippen LogP contribution in [0.15, 0.2) is 24.5 Å². The molecule has 2 unspecified atom stereocenters. The first-order valence-electron chi connectivity index (χ1n) is 9.89. The average Bonchev–Trinajstić information content (AvgIpc) is 3.34. The number of carboxylic acids is 1. The molecule has 1 fully saturated rings. The molecular weight excluding hydrogens is 429 g/mol. The third-order valence-electron chi connectivity index (χ3n) is 5.90. The maximum absolute atomic E-state index is 12.5. The second-order valence-corrected chi connectivity index (χ2v) is 8.47. The standard InChI is InChI=1S/C21H19Cl2N3O4/c22-13-5-4-12-17(11-9-24-25(10-11)16-3-1-2-8-30-16)14-6-7-15(27)20(21(28)29)26(14)19(12)18(13)23/h4-5,9-10,16,20H,1-3,6-8H2,(H,28,29). The lowest BCUT2D eigenvalue weighted by atomic mass is 9.97. The minimum absolute atomic E-state index is 0.108. The number of Topliss-reactive ketones (excluding diaryl/α,β-unsaturated/α-hetero) is 1. The van der Waals surface area contributed by atoms with Crippen molar-refractivity contribution in [3.8, 4) is 11.1 Å². The molecule has 156 valence electrons. The van der Waals surface area contributed by atoms with Crippen molar-refractivity contribution < 1.29 is 19.4 Å². The van der Waals surface area contributed by atoms with E-state index in [2.05, 4.69) is 5.10 Å². The van der Waals surface area contributed by atoms with Gasteiger partial charge in [-0.3, -0.25) is 4.79 Å². The fraction of sp³-hybridized carbons (Fsp3) is 0.381. The van der Waals surface area contributed by atoms with Gasteiger partial charge in [-0.25, -0.2) is 9.48 Å². The summed E-state index contributed by atoms with van der Waals surface area (Å²) >= 11 is 12.8. The summed E-state index contributed by atoms with van der Waals surface area (Å²) in [6, 6.07) is 2.19. The van der Waals surface area contributed by atoms with Crippen LogP contribution in [0.2, 0.25) is 10.0 Å². The van der Waals surface area contributed by atoms with E-state index in [9.17, 15) is 14.7 Å². The molecule has 2 aliphatic heterocycles. The lowest BCUT2D eigenvalue weighted by Gasteiger charge is -2.24. The number of ether oxygens (including phenoxy) is 1. The molecule has 9 heteroatoms. The minimum atomic E-state index is -1.32. The molecule has 5 rings (SSSR count). The van der Waals surface area contributed by atoms with E-state index in [0.29, 0.717) is 23.6 Å². The average molecular weight is 448 g/mol. The molecule has 0 spiro atoms. The first kappa shape index (κ1) is 19.6. The number of halogens is 2. The van der Waals surface area contributed by atoms with Crippen LogP contribution in [0, 0.1) is 0 Å². The molecule has 0 aliphatic carbocycles. The van der Waals surface area contributed by atoms with Gasteiger partial charge in [0.1, 0.15) is 6.23 Å². The van der Waals surface area contributed by atoms with Crippen LogP contribution >= 0.6 is 23.2 Å². The van der Waals surface area contributed by atoms with E-state index in [1.165, 1.54) is 0 Å². The summed E-state index contributed by atoms with van der Waals surface area (Å²) in [7, 11) is 0. The second kappa shape index (κ2) is 7.41. The van der Waals surface area contributed by atoms with Crippen LogP contribution in [0.25, 0.3) is 22.0 Å². The number of carbonyl (C=O) groups excluding carboxylic acids is 1. The van der Waals surface area contributed by atoms with Gasteiger partial charge in [0.2, 0.25) is 0 Å². The van der Waals surface area contributed by atoms with Crippen molar-refractivity contribution in [2.24, 2.45) is 0 Å². The van der Waals surface area contributed by atoms with Crippen molar-refractivity contribution in [3.63, 3.8) is 0 Å². The third kappa shape index (κ3) is 2.95. The summed E-state index contributed by atoms with van der Waals surface area (Å²) in [6.07, 6.45) is 7.17. The van der Waals surface area contributed by atoms with Gasteiger partial charge in [-0.1, -0.05) is 29.3 Å². The van der Waals surface area contributed by atoms with E-state index in [-0.39, 0.29) is 23.5 Å². The van der Waals surface area contributed by atoms with E-state index < -0.39 is 12.0 Å². The highest BCUT2D eigenvalue weighted by molar-refractivity contribution is 6.45. The predicted octanol–water partition coefficient (Wildman–Crippen LogP) is 4.65. The molecule has 1 N–H and O–H groups in total. The quantitative estimate of drug-likeness (QED) is 0.590. The molecule has 4 heterocycles. The third-order valence-corrected chi connectivity index (χ3v) is 6.70. The molecule has 2 atom stereocenters. The number of benzene rings is 1. The fourth-order valence-corrected chi connectivity index (χ4v) is 4.98. The van der Waals surface area contributed by atoms with Crippen molar-refractivity contribution in [1.29, 1.82) is 0 Å². The summed E-state index contributed by atoms with van der Waals surface area (Å²) in [5, 5.41) is 15.6. The number of rotatable bonds is 3. The number of ketones is 1. The van der Waals surface area contributed by atoms with Crippen molar-refractivity contribution in [1.82, 2.24) is 14.3 Å². The zero-order valence-corrected chi connectivity index (χ0v) is 17.5. The Kier molecular flexibility index (Phi) is 4.84. The maximum Gasteiger partial charge on any atom is 0.334 e. The van der Waals surface area contributed by atoms with Crippen molar-refractivity contribution in [2.75, 3.05) is 6.61 Å². The van der Waals surface area contributed by atoms with Crippen molar-refractivity contribution in [3.05, 3.63) is 40.3 Å². The van der Waals surface area contributed by atoms with E-state index in [4.69, 9.17) is 27.9 Å². The molecule has 3 aromatic rings. The SMILES string of the molecule is O=C(O)C1C(=O)CCc2c(-c3cnn(C4CCCCO4)c3)c3ccc(Cl)c(Cl)c3n21. The zero-order chi connectivity index (χ0) is 21.0. The molecule has 1 saturated heterocycles. The van der Waals surface area contributed by atoms with Gasteiger partial charge in [0, 0.05) is 41.4 Å². The summed E-state index contributed by atoms with van der Waals surface area (Å²) < 4.78 is 9.18. The van der Waals surface area contributed by atoms with Crippen LogP contribution in [-0.4, -0.2) is 37.8 Å². The van der Waals surface area contributed by atoms with Gasteiger partial charge < -0.3 is 14.4 Å². The first-order chi connectivity index (χ1) is 14.5. The Bertz CT molecular complexity index is 1180. The Morgan fingerprint density at radius 1 is 1.23 bits per heavy atom. The topological polar surface area (TPSA) is 86.3 Å². The molecule has 0 radical (unpaired) electrons. The van der Waals surface area contributed by atoms with E-state index in [1.54, 1.807) is 16.8 Å². The largest absolute Gasteiger partial charge is 0.479 e. The highest BCUT2D eigenvalue weighted by atomic mass is 35.5. The van der Waals surface area contributed by atoms with Crippen molar-refractivity contribution >= 4 is 45.9 Å². The second-order valence-electron chi connectivity index (χ2n) is 7.69. The number of fused-ring (bicyclic) bond motifs is 3. The Morgan fingerprint density at radius 2 is 2.07 bits per heavy atom. The Hall–Kier alpha value is -2.35. The number of hydrogen-bond acceptors (Lipinski definition) is 4. The van der Waals surface area contributed by atoms with Gasteiger partial charge in [0.25, 0.3) is 0 Å². The van der Waals surface area contributed by atoms with Crippen LogP contribution in [0.3, 0.4) is 0 Å². The molecule has 2 aliphatic rings. The Balaban J connectivity index is 1.74. The lowest BCUT2D eigenvalue weighted by Crippen LogP contribution is -2.32. The van der Waals surface area contributed by atoms with Gasteiger partial charge in [-0.2, -0.15) is 5.10 Å². The Morgan fingerprint density at radius 3 is 2.80 bits per heavy atom. The van der Waals surface area contributed by atoms with Crippen LogP contribution in [0.4, 0.5) is 0 Å². The monoisotopic (exact) mass is 447 g/mol. The van der Waals surface area contributed by atoms with Crippen LogP contribution in [0.1, 0.15) is 43.6 Å². The minimum Gasteiger partial charge on any atom is -0.479 e. The zero-order valence-electron chi connectivity index (χ0n) is 16.0. The molecule has 0 bridgehead atoms. The maximum atomic E-state index is 12.5. The number of hydrogen-bond donors (Lipinski definition) is 1. The number of nitrogens with zero attached hydrogens (tertiary/aromatic N) is 3. The summed E-state index contributed by atoms with van der Waals surface area (Å²) in [4.78, 5) is 24.5. The molecule has 0 amide bonds. The van der Waals surface area contributed by atoms with Crippen LogP contribution in [0.5, 0.6) is 0 Å². The van der Waals surface area contributed by atoms with Gasteiger partial charge >= 0.3 is 5.97 Å². The van der Waals surface area contributed by atoms with Gasteiger partial charge in [0.15, 0.2) is 11.8 Å². The number of aromatic nitrogens is 3. The molecule has 1 aromatic carbocycles. The van der Waals surface area contributed by atoms with Gasteiger partial charge in [-0.15, -0.1) is 0 Å². The first-order valence-corrected chi connectivity index (χ1v) is 10.7. The van der Waals surface area contributed by atoms with Gasteiger partial charge in [0.05, 0.1) is 21.8 Å². The van der Waals surface area contributed by atoms with E-state index in [1.807, 2.05) is 16.9 Å².